The van der Waals surface area contributed by atoms with E-state index < -0.39 is 9.80 Å². The number of aryl methyl sites for hydroxylation is 1. The van der Waals surface area contributed by atoms with Crippen LogP contribution in [0.1, 0.15) is 30.5 Å². The zero-order valence-electron chi connectivity index (χ0n) is 14.8. The Bertz CT molecular complexity index is 847. The molecular formula is C20H25NO2S. The van der Waals surface area contributed by atoms with E-state index in [-0.39, 0.29) is 10.4 Å². The van der Waals surface area contributed by atoms with E-state index in [1.165, 1.54) is 11.1 Å². The van der Waals surface area contributed by atoms with Gasteiger partial charge < -0.3 is 4.55 Å². The van der Waals surface area contributed by atoms with Crippen LogP contribution in [-0.2, 0) is 16.2 Å². The SMILES string of the molecule is C=S(=O)([O-])c1ccc(C)cc1.C[N+]1=Cc2ccccc2CC1(C)C. The van der Waals surface area contributed by atoms with Crippen molar-refractivity contribution in [3.63, 3.8) is 0 Å². The Morgan fingerprint density at radius 3 is 2.29 bits per heavy atom. The van der Waals surface area contributed by atoms with Crippen LogP contribution in [0.4, 0.5) is 0 Å². The van der Waals surface area contributed by atoms with Gasteiger partial charge in [0.05, 0.1) is 0 Å². The first-order chi connectivity index (χ1) is 11.1. The highest BCUT2D eigenvalue weighted by Gasteiger charge is 2.31. The summed E-state index contributed by atoms with van der Waals surface area (Å²) in [6.07, 6.45) is 3.37. The minimum absolute atomic E-state index is 0.258. The molecular weight excluding hydrogens is 318 g/mol. The molecule has 24 heavy (non-hydrogen) atoms. The fourth-order valence-corrected chi connectivity index (χ4v) is 3.09. The molecule has 1 heterocycles. The molecule has 0 aromatic heterocycles. The van der Waals surface area contributed by atoms with Crippen molar-refractivity contribution >= 4 is 21.9 Å². The number of benzene rings is 2. The number of likely N-dealkylation sites (N-methyl/N-ethyl adjacent to an activating group) is 1. The number of hydrogen-bond acceptors (Lipinski definition) is 2. The fourth-order valence-electron chi connectivity index (χ4n) is 2.54. The van der Waals surface area contributed by atoms with Crippen molar-refractivity contribution < 1.29 is 13.3 Å². The fraction of sp³-hybridized carbons (Fsp3) is 0.300. The third-order valence-corrected chi connectivity index (χ3v) is 5.34. The first-order valence-corrected chi connectivity index (χ1v) is 9.55. The van der Waals surface area contributed by atoms with Gasteiger partial charge >= 0.3 is 0 Å². The lowest BCUT2D eigenvalue weighted by Crippen LogP contribution is -2.40. The summed E-state index contributed by atoms with van der Waals surface area (Å²) in [5.41, 5.74) is 4.13. The maximum Gasteiger partial charge on any atom is 0.171 e. The third-order valence-electron chi connectivity index (χ3n) is 4.35. The quantitative estimate of drug-likeness (QED) is 0.589. The van der Waals surface area contributed by atoms with Crippen LogP contribution in [0.3, 0.4) is 0 Å². The molecule has 128 valence electrons. The molecule has 0 radical (unpaired) electrons. The van der Waals surface area contributed by atoms with Crippen molar-refractivity contribution in [3.8, 4) is 0 Å². The number of fused-ring (bicyclic) bond motifs is 1. The van der Waals surface area contributed by atoms with Gasteiger partial charge in [-0.3, -0.25) is 4.21 Å². The Kier molecular flexibility index (Phi) is 5.31. The van der Waals surface area contributed by atoms with Crippen LogP contribution in [0, 0.1) is 6.92 Å². The van der Waals surface area contributed by atoms with Crippen molar-refractivity contribution in [2.75, 3.05) is 7.05 Å². The topological polar surface area (TPSA) is 43.1 Å². The lowest BCUT2D eigenvalue weighted by atomic mass is 9.89. The maximum absolute atomic E-state index is 10.8. The van der Waals surface area contributed by atoms with Gasteiger partial charge in [-0.1, -0.05) is 51.6 Å². The van der Waals surface area contributed by atoms with Crippen LogP contribution in [0.25, 0.3) is 0 Å². The molecule has 2 aromatic carbocycles. The van der Waals surface area contributed by atoms with E-state index >= 15 is 0 Å². The zero-order valence-corrected chi connectivity index (χ0v) is 15.6. The monoisotopic (exact) mass is 343 g/mol. The number of hydrogen-bond donors (Lipinski definition) is 0. The van der Waals surface area contributed by atoms with Crippen LogP contribution < -0.4 is 0 Å². The van der Waals surface area contributed by atoms with Gasteiger partial charge in [0.25, 0.3) is 0 Å². The zero-order chi connectivity index (χ0) is 18.0. The van der Waals surface area contributed by atoms with Gasteiger partial charge in [0.15, 0.2) is 11.8 Å². The minimum atomic E-state index is -3.27. The lowest BCUT2D eigenvalue weighted by molar-refractivity contribution is -0.572. The Morgan fingerprint density at radius 1 is 1.12 bits per heavy atom. The van der Waals surface area contributed by atoms with Gasteiger partial charge in [-0.15, -0.1) is 0 Å². The van der Waals surface area contributed by atoms with Crippen LogP contribution in [0.5, 0.6) is 0 Å². The highest BCUT2D eigenvalue weighted by atomic mass is 32.2. The summed E-state index contributed by atoms with van der Waals surface area (Å²) in [7, 11) is -1.12. The molecule has 0 saturated carbocycles. The summed E-state index contributed by atoms with van der Waals surface area (Å²) in [6.45, 7) is 6.46. The van der Waals surface area contributed by atoms with E-state index in [1.54, 1.807) is 24.3 Å². The summed E-state index contributed by atoms with van der Waals surface area (Å²) in [5.74, 6) is 3.04. The molecule has 1 aliphatic heterocycles. The van der Waals surface area contributed by atoms with E-state index in [4.69, 9.17) is 0 Å². The van der Waals surface area contributed by atoms with Gasteiger partial charge in [-0.2, -0.15) is 0 Å². The first-order valence-electron chi connectivity index (χ1n) is 7.90. The molecule has 0 amide bonds. The number of rotatable bonds is 1. The standard InChI is InChI=1S/C12H16N.C8H10O2S/c1-12(2)8-10-6-4-5-7-11(10)9-13(12)3;1-7-3-5-8(6-4-7)11(2,9)10/h4-7,9H,8H2,1-3H3;3-6H,2H2,1H3,(H,9,10)/q+1;/p-1. The van der Waals surface area contributed by atoms with Gasteiger partial charge in [-0.25, -0.2) is 4.58 Å². The summed E-state index contributed by atoms with van der Waals surface area (Å²) < 4.78 is 24.0. The smallest absolute Gasteiger partial charge is 0.171 e. The first kappa shape index (κ1) is 18.4. The Balaban J connectivity index is 0.000000177. The minimum Gasteiger partial charge on any atom is -0.774 e. The molecule has 0 bridgehead atoms. The molecule has 0 fully saturated rings. The Morgan fingerprint density at radius 2 is 1.71 bits per heavy atom. The van der Waals surface area contributed by atoms with E-state index in [9.17, 15) is 8.76 Å². The Labute approximate surface area is 145 Å². The van der Waals surface area contributed by atoms with Gasteiger partial charge in [0.2, 0.25) is 0 Å². The number of nitrogens with zero attached hydrogens (tertiary/aromatic N) is 1. The molecule has 3 rings (SSSR count). The second-order valence-corrected chi connectivity index (χ2v) is 8.56. The summed E-state index contributed by atoms with van der Waals surface area (Å²) in [6, 6.07) is 15.2. The highest BCUT2D eigenvalue weighted by Crippen LogP contribution is 2.22. The molecule has 0 saturated heterocycles. The maximum atomic E-state index is 10.8. The molecule has 1 unspecified atom stereocenters. The van der Waals surface area contributed by atoms with Crippen molar-refractivity contribution in [2.45, 2.75) is 37.6 Å². The molecule has 3 nitrogen and oxygen atoms in total. The van der Waals surface area contributed by atoms with Crippen LogP contribution >= 0.6 is 0 Å². The molecule has 1 aliphatic rings. The van der Waals surface area contributed by atoms with Crippen molar-refractivity contribution in [1.29, 1.82) is 0 Å². The average molecular weight is 343 g/mol. The third kappa shape index (κ3) is 4.56. The molecule has 1 atom stereocenters. The molecule has 0 spiro atoms. The summed E-state index contributed by atoms with van der Waals surface area (Å²) >= 11 is 0. The van der Waals surface area contributed by atoms with Crippen LogP contribution in [0.2, 0.25) is 0 Å². The lowest BCUT2D eigenvalue weighted by Gasteiger charge is -2.25. The average Bonchev–Trinajstić information content (AvgIpc) is 2.48. The molecule has 0 aliphatic carbocycles. The summed E-state index contributed by atoms with van der Waals surface area (Å²) in [5, 5.41) is 0. The van der Waals surface area contributed by atoms with Gasteiger partial charge in [0, 0.05) is 30.7 Å². The van der Waals surface area contributed by atoms with E-state index in [1.807, 2.05) is 6.92 Å². The molecule has 0 N–H and O–H groups in total. The largest absolute Gasteiger partial charge is 0.774 e. The predicted molar refractivity (Wildman–Crippen MR) is 101 cm³/mol. The Hall–Kier alpha value is -1.91. The molecule has 2 aromatic rings. The highest BCUT2D eigenvalue weighted by molar-refractivity contribution is 7.95. The van der Waals surface area contributed by atoms with E-state index in [0.717, 1.165) is 12.0 Å². The van der Waals surface area contributed by atoms with Crippen molar-refractivity contribution in [2.24, 2.45) is 0 Å². The van der Waals surface area contributed by atoms with Crippen molar-refractivity contribution in [1.82, 2.24) is 0 Å². The van der Waals surface area contributed by atoms with Gasteiger partial charge in [-0.05, 0) is 30.7 Å². The molecule has 4 heteroatoms. The normalized spacial score (nSPS) is 17.6. The van der Waals surface area contributed by atoms with Crippen LogP contribution in [-0.4, -0.2) is 38.0 Å². The second-order valence-electron chi connectivity index (χ2n) is 6.86. The van der Waals surface area contributed by atoms with Crippen molar-refractivity contribution in [3.05, 3.63) is 65.2 Å². The van der Waals surface area contributed by atoms with Crippen LogP contribution in [0.15, 0.2) is 53.4 Å². The summed E-state index contributed by atoms with van der Waals surface area (Å²) in [4.78, 5) is 0.267. The predicted octanol–water partition coefficient (Wildman–Crippen LogP) is 3.28. The van der Waals surface area contributed by atoms with Gasteiger partial charge in [0.1, 0.15) is 7.05 Å². The van der Waals surface area contributed by atoms with E-state index in [0.29, 0.717) is 0 Å². The second kappa shape index (κ2) is 6.91. The van der Waals surface area contributed by atoms with E-state index in [2.05, 4.69) is 61.8 Å².